The van der Waals surface area contributed by atoms with Gasteiger partial charge in [0, 0.05) is 24.7 Å². The molecule has 144 valence electrons. The van der Waals surface area contributed by atoms with E-state index in [0.717, 1.165) is 18.4 Å². The van der Waals surface area contributed by atoms with E-state index in [9.17, 15) is 13.2 Å². The summed E-state index contributed by atoms with van der Waals surface area (Å²) in [5.41, 5.74) is 2.99. The molecule has 0 spiro atoms. The van der Waals surface area contributed by atoms with Gasteiger partial charge in [0.25, 0.3) is 5.91 Å². The summed E-state index contributed by atoms with van der Waals surface area (Å²) in [7, 11) is -3.15. The Hall–Kier alpha value is -2.18. The first kappa shape index (κ1) is 19.6. The largest absolute Gasteiger partial charge is 0.349 e. The molecule has 1 saturated heterocycles. The van der Waals surface area contributed by atoms with E-state index in [2.05, 4.69) is 17.4 Å². The lowest BCUT2D eigenvalue weighted by Crippen LogP contribution is -2.46. The van der Waals surface area contributed by atoms with Gasteiger partial charge in [-0.3, -0.25) is 4.79 Å². The van der Waals surface area contributed by atoms with Gasteiger partial charge in [-0.25, -0.2) is 12.7 Å². The maximum Gasteiger partial charge on any atom is 0.251 e. The first-order valence-electron chi connectivity index (χ1n) is 9.31. The number of hydrogen-bond donors (Lipinski definition) is 1. The van der Waals surface area contributed by atoms with Gasteiger partial charge < -0.3 is 5.32 Å². The van der Waals surface area contributed by atoms with E-state index >= 15 is 0 Å². The maximum atomic E-state index is 12.8. The van der Waals surface area contributed by atoms with E-state index < -0.39 is 10.0 Å². The summed E-state index contributed by atoms with van der Waals surface area (Å²) in [5.74, 6) is -0.0727. The Balaban J connectivity index is 1.60. The number of rotatable bonds is 6. The van der Waals surface area contributed by atoms with E-state index in [0.29, 0.717) is 31.5 Å². The minimum atomic E-state index is -3.15. The van der Waals surface area contributed by atoms with Crippen LogP contribution in [0.2, 0.25) is 0 Å². The van der Waals surface area contributed by atoms with Gasteiger partial charge in [-0.05, 0) is 42.9 Å². The van der Waals surface area contributed by atoms with Crippen molar-refractivity contribution in [1.29, 1.82) is 0 Å². The third-order valence-electron chi connectivity index (χ3n) is 5.05. The zero-order chi connectivity index (χ0) is 19.3. The first-order chi connectivity index (χ1) is 12.9. The molecule has 0 radical (unpaired) electrons. The van der Waals surface area contributed by atoms with Crippen LogP contribution >= 0.6 is 0 Å². The molecule has 1 fully saturated rings. The smallest absolute Gasteiger partial charge is 0.251 e. The highest BCUT2D eigenvalue weighted by molar-refractivity contribution is 7.88. The molecule has 2 aromatic rings. The summed E-state index contributed by atoms with van der Waals surface area (Å²) in [6.07, 6.45) is 4.21. The Labute approximate surface area is 161 Å². The third-order valence-corrected chi connectivity index (χ3v) is 6.35. The molecule has 3 rings (SSSR count). The molecule has 0 unspecified atom stereocenters. The van der Waals surface area contributed by atoms with Crippen molar-refractivity contribution in [3.05, 3.63) is 71.3 Å². The summed E-state index contributed by atoms with van der Waals surface area (Å²) in [6, 6.07) is 18.0. The van der Waals surface area contributed by atoms with Crippen molar-refractivity contribution in [3.8, 4) is 0 Å². The van der Waals surface area contributed by atoms with E-state index in [1.807, 2.05) is 42.5 Å². The molecule has 27 heavy (non-hydrogen) atoms. The van der Waals surface area contributed by atoms with Crippen LogP contribution in [0.25, 0.3) is 0 Å². The van der Waals surface area contributed by atoms with Crippen molar-refractivity contribution in [2.45, 2.75) is 31.7 Å². The Morgan fingerprint density at radius 1 is 1.00 bits per heavy atom. The number of benzene rings is 2. The average molecular weight is 387 g/mol. The fourth-order valence-electron chi connectivity index (χ4n) is 3.48. The number of amides is 1. The molecule has 1 heterocycles. The summed E-state index contributed by atoms with van der Waals surface area (Å²) in [5, 5.41) is 3.09. The Bertz CT molecular complexity index is 873. The number of hydrogen-bond acceptors (Lipinski definition) is 3. The molecule has 0 bridgehead atoms. The highest BCUT2D eigenvalue weighted by Gasteiger charge is 2.26. The second-order valence-corrected chi connectivity index (χ2v) is 9.03. The molecule has 0 aromatic heterocycles. The molecule has 6 heteroatoms. The number of sulfonamides is 1. The zero-order valence-electron chi connectivity index (χ0n) is 15.6. The molecule has 1 aliphatic heterocycles. The second-order valence-electron chi connectivity index (χ2n) is 7.05. The lowest BCUT2D eigenvalue weighted by atomic mass is 9.98. The van der Waals surface area contributed by atoms with Crippen LogP contribution in [0, 0.1) is 0 Å². The van der Waals surface area contributed by atoms with Crippen LogP contribution in [0.3, 0.4) is 0 Å². The van der Waals surface area contributed by atoms with Gasteiger partial charge in [0.05, 0.1) is 6.26 Å². The Kier molecular flexibility index (Phi) is 6.29. The van der Waals surface area contributed by atoms with E-state index in [1.54, 1.807) is 0 Å². The summed E-state index contributed by atoms with van der Waals surface area (Å²) in [4.78, 5) is 12.8. The number of carbonyl (C=O) groups is 1. The maximum absolute atomic E-state index is 12.8. The third kappa shape index (κ3) is 5.40. The van der Waals surface area contributed by atoms with Crippen molar-refractivity contribution < 1.29 is 13.2 Å². The lowest BCUT2D eigenvalue weighted by molar-refractivity contribution is 0.0923. The van der Waals surface area contributed by atoms with Gasteiger partial charge in [-0.1, -0.05) is 48.5 Å². The number of carbonyl (C=O) groups excluding carboxylic acids is 1. The van der Waals surface area contributed by atoms with Gasteiger partial charge >= 0.3 is 0 Å². The molecule has 5 nitrogen and oxygen atoms in total. The van der Waals surface area contributed by atoms with Gasteiger partial charge in [0.15, 0.2) is 0 Å². The van der Waals surface area contributed by atoms with E-state index in [1.165, 1.54) is 16.1 Å². The minimum absolute atomic E-state index is 0.0117. The normalized spacial score (nSPS) is 16.2. The fourth-order valence-corrected chi connectivity index (χ4v) is 4.35. The molecule has 2 aromatic carbocycles. The number of nitrogens with zero attached hydrogens (tertiary/aromatic N) is 1. The summed E-state index contributed by atoms with van der Waals surface area (Å²) >= 11 is 0. The van der Waals surface area contributed by atoms with Crippen molar-refractivity contribution in [2.75, 3.05) is 19.3 Å². The first-order valence-corrected chi connectivity index (χ1v) is 11.2. The number of piperidine rings is 1. The average Bonchev–Trinajstić information content (AvgIpc) is 2.67. The zero-order valence-corrected chi connectivity index (χ0v) is 16.4. The van der Waals surface area contributed by atoms with Gasteiger partial charge in [-0.15, -0.1) is 0 Å². The predicted molar refractivity (Wildman–Crippen MR) is 107 cm³/mol. The van der Waals surface area contributed by atoms with Crippen LogP contribution in [-0.2, 0) is 22.9 Å². The molecular formula is C21H26N2O3S. The van der Waals surface area contributed by atoms with E-state index in [4.69, 9.17) is 0 Å². The fraction of sp³-hybridized carbons (Fsp3) is 0.381. The molecule has 0 atom stereocenters. The van der Waals surface area contributed by atoms with Crippen molar-refractivity contribution in [3.63, 3.8) is 0 Å². The molecular weight excluding hydrogens is 360 g/mol. The second kappa shape index (κ2) is 8.67. The minimum Gasteiger partial charge on any atom is -0.349 e. The monoisotopic (exact) mass is 386 g/mol. The van der Waals surface area contributed by atoms with Crippen LogP contribution in [0.15, 0.2) is 54.6 Å². The molecule has 1 aliphatic rings. The predicted octanol–water partition coefficient (Wildman–Crippen LogP) is 2.63. The van der Waals surface area contributed by atoms with Crippen molar-refractivity contribution >= 4 is 15.9 Å². The van der Waals surface area contributed by atoms with Gasteiger partial charge in [-0.2, -0.15) is 0 Å². The Morgan fingerprint density at radius 2 is 1.63 bits per heavy atom. The van der Waals surface area contributed by atoms with E-state index in [-0.39, 0.29) is 11.9 Å². The van der Waals surface area contributed by atoms with Crippen LogP contribution < -0.4 is 5.32 Å². The van der Waals surface area contributed by atoms with Crippen molar-refractivity contribution in [1.82, 2.24) is 9.62 Å². The van der Waals surface area contributed by atoms with Crippen LogP contribution in [-0.4, -0.2) is 44.0 Å². The highest BCUT2D eigenvalue weighted by Crippen LogP contribution is 2.16. The van der Waals surface area contributed by atoms with Gasteiger partial charge in [0.2, 0.25) is 10.0 Å². The highest BCUT2D eigenvalue weighted by atomic mass is 32.2. The summed E-state index contributed by atoms with van der Waals surface area (Å²) in [6.45, 7) is 0.916. The lowest BCUT2D eigenvalue weighted by Gasteiger charge is -2.30. The van der Waals surface area contributed by atoms with Crippen molar-refractivity contribution in [2.24, 2.45) is 0 Å². The number of nitrogens with one attached hydrogen (secondary N) is 1. The SMILES string of the molecule is CS(=O)(=O)N1CCC(NC(=O)c2ccccc2CCc2ccccc2)CC1. The Morgan fingerprint density at radius 3 is 2.30 bits per heavy atom. The standard InChI is InChI=1S/C21H26N2O3S/c1-27(25,26)23-15-13-19(14-16-23)22-21(24)20-10-6-5-9-18(20)12-11-17-7-3-2-4-8-17/h2-10,19H,11-16H2,1H3,(H,22,24). The topological polar surface area (TPSA) is 66.5 Å². The molecule has 0 aliphatic carbocycles. The molecule has 1 amide bonds. The molecule has 1 N–H and O–H groups in total. The quantitative estimate of drug-likeness (QED) is 0.830. The van der Waals surface area contributed by atoms with Crippen LogP contribution in [0.5, 0.6) is 0 Å². The molecule has 0 saturated carbocycles. The van der Waals surface area contributed by atoms with Crippen LogP contribution in [0.1, 0.15) is 34.3 Å². The number of aryl methyl sites for hydroxylation is 2. The van der Waals surface area contributed by atoms with Gasteiger partial charge in [0.1, 0.15) is 0 Å². The van der Waals surface area contributed by atoms with Crippen LogP contribution in [0.4, 0.5) is 0 Å². The summed E-state index contributed by atoms with van der Waals surface area (Å²) < 4.78 is 24.7.